The number of hydrogen-bond acceptors (Lipinski definition) is 3. The van der Waals surface area contributed by atoms with E-state index in [0.717, 1.165) is 12.8 Å². The van der Waals surface area contributed by atoms with Crippen LogP contribution in [-0.4, -0.2) is 23.7 Å². The van der Waals surface area contributed by atoms with Crippen molar-refractivity contribution in [2.24, 2.45) is 0 Å². The van der Waals surface area contributed by atoms with E-state index < -0.39 is 5.97 Å². The van der Waals surface area contributed by atoms with E-state index >= 15 is 0 Å². The first-order chi connectivity index (χ1) is 11.6. The number of unbranched alkanes of at least 4 members (excludes halogenated alkanes) is 3. The molecule has 4 nitrogen and oxygen atoms in total. The zero-order valence-electron chi connectivity index (χ0n) is 14.0. The number of esters is 1. The lowest BCUT2D eigenvalue weighted by Gasteiger charge is -2.03. The number of hydrogen-bond donors (Lipinski definition) is 1. The summed E-state index contributed by atoms with van der Waals surface area (Å²) in [5.74, 6) is -1.09. The molecule has 0 aromatic heterocycles. The summed E-state index contributed by atoms with van der Waals surface area (Å²) in [6.07, 6.45) is 4.51. The van der Waals surface area contributed by atoms with Crippen molar-refractivity contribution in [3.8, 4) is 0 Å². The van der Waals surface area contributed by atoms with Gasteiger partial charge in [-0.05, 0) is 30.7 Å². The third-order valence-corrected chi connectivity index (χ3v) is 3.26. The molecule has 128 valence electrons. The molecule has 0 heterocycles. The molecule has 2 rings (SSSR count). The highest BCUT2D eigenvalue weighted by Crippen LogP contribution is 2.03. The maximum absolute atomic E-state index is 11.5. The van der Waals surface area contributed by atoms with Crippen LogP contribution in [0.15, 0.2) is 60.7 Å². The van der Waals surface area contributed by atoms with Gasteiger partial charge in [-0.25, -0.2) is 9.59 Å². The van der Waals surface area contributed by atoms with Crippen LogP contribution in [0.3, 0.4) is 0 Å². The van der Waals surface area contributed by atoms with E-state index in [0.29, 0.717) is 17.7 Å². The second-order valence-electron chi connectivity index (χ2n) is 5.23. The molecule has 0 atom stereocenters. The Morgan fingerprint density at radius 2 is 1.38 bits per heavy atom. The van der Waals surface area contributed by atoms with Crippen LogP contribution in [0, 0.1) is 0 Å². The van der Waals surface area contributed by atoms with Crippen molar-refractivity contribution >= 4 is 11.9 Å². The summed E-state index contributed by atoms with van der Waals surface area (Å²) < 4.78 is 5.14. The second kappa shape index (κ2) is 11.9. The summed E-state index contributed by atoms with van der Waals surface area (Å²) in [4.78, 5) is 21.7. The Kier molecular flexibility index (Phi) is 9.62. The maximum Gasteiger partial charge on any atom is 0.338 e. The highest BCUT2D eigenvalue weighted by molar-refractivity contribution is 5.89. The molecule has 0 fully saturated rings. The number of benzene rings is 2. The first-order valence-electron chi connectivity index (χ1n) is 8.15. The number of aromatic carboxylic acids is 1. The third kappa shape index (κ3) is 8.13. The van der Waals surface area contributed by atoms with E-state index in [4.69, 9.17) is 9.84 Å². The van der Waals surface area contributed by atoms with Gasteiger partial charge in [-0.15, -0.1) is 0 Å². The molecule has 2 aromatic carbocycles. The van der Waals surface area contributed by atoms with Gasteiger partial charge in [0, 0.05) is 0 Å². The van der Waals surface area contributed by atoms with Gasteiger partial charge in [-0.3, -0.25) is 0 Å². The van der Waals surface area contributed by atoms with Gasteiger partial charge in [-0.1, -0.05) is 62.6 Å². The summed E-state index contributed by atoms with van der Waals surface area (Å²) in [6.45, 7) is 2.70. The summed E-state index contributed by atoms with van der Waals surface area (Å²) in [7, 11) is 0. The summed E-state index contributed by atoms with van der Waals surface area (Å²) in [6, 6.07) is 17.4. The molecule has 0 saturated heterocycles. The van der Waals surface area contributed by atoms with Crippen molar-refractivity contribution in [3.05, 3.63) is 71.8 Å². The van der Waals surface area contributed by atoms with Gasteiger partial charge in [0.2, 0.25) is 0 Å². The van der Waals surface area contributed by atoms with Crippen molar-refractivity contribution < 1.29 is 19.4 Å². The number of ether oxygens (including phenoxy) is 1. The smallest absolute Gasteiger partial charge is 0.338 e. The molecular weight excluding hydrogens is 304 g/mol. The SMILES string of the molecule is CCCCCCOC(=O)c1ccccc1.O=C(O)c1ccccc1. The number of rotatable bonds is 7. The molecule has 0 bridgehead atoms. The first-order valence-corrected chi connectivity index (χ1v) is 8.15. The Balaban J connectivity index is 0.000000272. The van der Waals surface area contributed by atoms with Crippen molar-refractivity contribution in [1.29, 1.82) is 0 Å². The molecule has 0 aliphatic carbocycles. The Labute approximate surface area is 143 Å². The predicted molar refractivity (Wildman–Crippen MR) is 94.3 cm³/mol. The summed E-state index contributed by atoms with van der Waals surface area (Å²) >= 11 is 0. The molecule has 24 heavy (non-hydrogen) atoms. The minimum absolute atomic E-state index is 0.216. The average molecular weight is 328 g/mol. The van der Waals surface area contributed by atoms with Gasteiger partial charge in [-0.2, -0.15) is 0 Å². The monoisotopic (exact) mass is 328 g/mol. The van der Waals surface area contributed by atoms with E-state index in [-0.39, 0.29) is 5.97 Å². The average Bonchev–Trinajstić information content (AvgIpc) is 2.63. The number of carboxylic acid groups (broad SMARTS) is 1. The molecule has 0 aliphatic rings. The molecule has 0 spiro atoms. The van der Waals surface area contributed by atoms with Gasteiger partial charge in [0.15, 0.2) is 0 Å². The fourth-order valence-electron chi connectivity index (χ4n) is 1.93. The Morgan fingerprint density at radius 3 is 1.83 bits per heavy atom. The largest absolute Gasteiger partial charge is 0.478 e. The molecule has 2 aromatic rings. The lowest BCUT2D eigenvalue weighted by atomic mass is 10.2. The zero-order chi connectivity index (χ0) is 17.6. The van der Waals surface area contributed by atoms with Crippen LogP contribution in [0.2, 0.25) is 0 Å². The van der Waals surface area contributed by atoms with Crippen LogP contribution < -0.4 is 0 Å². The van der Waals surface area contributed by atoms with Gasteiger partial charge in [0.25, 0.3) is 0 Å². The Hall–Kier alpha value is -2.62. The lowest BCUT2D eigenvalue weighted by Crippen LogP contribution is -2.06. The molecule has 0 aliphatic heterocycles. The number of carbonyl (C=O) groups excluding carboxylic acids is 1. The van der Waals surface area contributed by atoms with Crippen LogP contribution in [0.1, 0.15) is 53.3 Å². The molecule has 4 heteroatoms. The predicted octanol–water partition coefficient (Wildman–Crippen LogP) is 4.81. The lowest BCUT2D eigenvalue weighted by molar-refractivity contribution is 0.0497. The first kappa shape index (κ1) is 19.4. The fourth-order valence-corrected chi connectivity index (χ4v) is 1.93. The van der Waals surface area contributed by atoms with E-state index in [9.17, 15) is 9.59 Å². The topological polar surface area (TPSA) is 63.6 Å². The molecule has 0 radical (unpaired) electrons. The van der Waals surface area contributed by atoms with Crippen LogP contribution in [0.25, 0.3) is 0 Å². The third-order valence-electron chi connectivity index (χ3n) is 3.26. The van der Waals surface area contributed by atoms with E-state index in [1.165, 1.54) is 12.8 Å². The van der Waals surface area contributed by atoms with Crippen molar-refractivity contribution in [2.45, 2.75) is 32.6 Å². The highest BCUT2D eigenvalue weighted by Gasteiger charge is 2.04. The van der Waals surface area contributed by atoms with Crippen molar-refractivity contribution in [1.82, 2.24) is 0 Å². The zero-order valence-corrected chi connectivity index (χ0v) is 14.0. The van der Waals surface area contributed by atoms with Crippen molar-refractivity contribution in [3.63, 3.8) is 0 Å². The Morgan fingerprint density at radius 1 is 0.833 bits per heavy atom. The second-order valence-corrected chi connectivity index (χ2v) is 5.23. The molecule has 0 unspecified atom stereocenters. The van der Waals surface area contributed by atoms with Crippen LogP contribution >= 0.6 is 0 Å². The van der Waals surface area contributed by atoms with Crippen molar-refractivity contribution in [2.75, 3.05) is 6.61 Å². The quantitative estimate of drug-likeness (QED) is 0.585. The van der Waals surface area contributed by atoms with Crippen LogP contribution in [0.5, 0.6) is 0 Å². The van der Waals surface area contributed by atoms with Gasteiger partial charge >= 0.3 is 11.9 Å². The van der Waals surface area contributed by atoms with Gasteiger partial charge < -0.3 is 9.84 Å². The minimum Gasteiger partial charge on any atom is -0.478 e. The molecule has 0 amide bonds. The van der Waals surface area contributed by atoms with Crippen LogP contribution in [-0.2, 0) is 4.74 Å². The summed E-state index contributed by atoms with van der Waals surface area (Å²) in [5.41, 5.74) is 0.963. The maximum atomic E-state index is 11.5. The van der Waals surface area contributed by atoms with Gasteiger partial charge in [0.1, 0.15) is 0 Å². The normalized spacial score (nSPS) is 9.54. The molecule has 1 N–H and O–H groups in total. The number of carboxylic acids is 1. The standard InChI is InChI=1S/C13H18O2.C7H6O2/c1-2-3-4-8-11-15-13(14)12-9-6-5-7-10-12;8-7(9)6-4-2-1-3-5-6/h5-7,9-10H,2-4,8,11H2,1H3;1-5H,(H,8,9). The minimum atomic E-state index is -0.879. The number of carbonyl (C=O) groups is 2. The highest BCUT2D eigenvalue weighted by atomic mass is 16.5. The molecular formula is C20H24O4. The summed E-state index contributed by atoms with van der Waals surface area (Å²) in [5, 5.41) is 8.38. The van der Waals surface area contributed by atoms with E-state index in [2.05, 4.69) is 6.92 Å². The van der Waals surface area contributed by atoms with E-state index in [1.54, 1.807) is 42.5 Å². The van der Waals surface area contributed by atoms with Crippen LogP contribution in [0.4, 0.5) is 0 Å². The molecule has 0 saturated carbocycles. The van der Waals surface area contributed by atoms with Gasteiger partial charge in [0.05, 0.1) is 17.7 Å². The Bertz CT molecular complexity index is 594. The van der Waals surface area contributed by atoms with E-state index in [1.807, 2.05) is 18.2 Å². The fraction of sp³-hybridized carbons (Fsp3) is 0.300.